The zero-order valence-electron chi connectivity index (χ0n) is 9.62. The fourth-order valence-corrected chi connectivity index (χ4v) is 2.48. The minimum Gasteiger partial charge on any atom is -0.0784 e. The normalized spacial score (nSPS) is 12.8. The summed E-state index contributed by atoms with van der Waals surface area (Å²) in [7, 11) is 0. The van der Waals surface area contributed by atoms with Gasteiger partial charge in [-0.2, -0.15) is 0 Å². The van der Waals surface area contributed by atoms with Crippen LogP contribution in [0.3, 0.4) is 0 Å². The molecular weight excluding hydrogens is 357 g/mol. The lowest BCUT2D eigenvalue weighted by Gasteiger charge is -2.20. The van der Waals surface area contributed by atoms with Crippen LogP contribution < -0.4 is 0 Å². The van der Waals surface area contributed by atoms with Crippen LogP contribution in [0.25, 0.3) is 0 Å². The summed E-state index contributed by atoms with van der Waals surface area (Å²) in [5.41, 5.74) is 2.04. The Balaban J connectivity index is 3.21. The van der Waals surface area contributed by atoms with Crippen molar-refractivity contribution in [2.24, 2.45) is 0 Å². The Bertz CT molecular complexity index is 402. The van der Waals surface area contributed by atoms with Crippen LogP contribution in [0.2, 0.25) is 0 Å². The first-order chi connectivity index (χ1) is 8.16. The molecular formula is C12H12Cl6. The van der Waals surface area contributed by atoms with Crippen LogP contribution in [-0.4, -0.2) is 0 Å². The number of benzene rings is 1. The van der Waals surface area contributed by atoms with Gasteiger partial charge in [0, 0.05) is 11.1 Å². The standard InChI is InChI=1S/C12H12Cl6/c1-2-3-4-8-5-6-9(11(13,14)15)7-10(8)12(16,17)18/h5-7H,2-4H2,1H3. The maximum absolute atomic E-state index is 5.97. The number of hydrogen-bond donors (Lipinski definition) is 0. The van der Waals surface area contributed by atoms with Gasteiger partial charge in [0.05, 0.1) is 0 Å². The lowest BCUT2D eigenvalue weighted by molar-refractivity contribution is 0.787. The molecule has 0 aromatic heterocycles. The van der Waals surface area contributed by atoms with Crippen LogP contribution in [0, 0.1) is 0 Å². The van der Waals surface area contributed by atoms with Crippen molar-refractivity contribution in [2.75, 3.05) is 0 Å². The van der Waals surface area contributed by atoms with Gasteiger partial charge in [-0.3, -0.25) is 0 Å². The van der Waals surface area contributed by atoms with Crippen LogP contribution in [0.15, 0.2) is 18.2 Å². The fraction of sp³-hybridized carbons (Fsp3) is 0.500. The fourth-order valence-electron chi connectivity index (χ4n) is 1.60. The van der Waals surface area contributed by atoms with Crippen LogP contribution >= 0.6 is 69.6 Å². The molecule has 0 aliphatic carbocycles. The van der Waals surface area contributed by atoms with E-state index in [-0.39, 0.29) is 0 Å². The minimum atomic E-state index is -1.52. The van der Waals surface area contributed by atoms with Gasteiger partial charge in [-0.1, -0.05) is 95.1 Å². The van der Waals surface area contributed by atoms with Crippen LogP contribution in [0.1, 0.15) is 36.5 Å². The van der Waals surface area contributed by atoms with Gasteiger partial charge in [0.1, 0.15) is 0 Å². The number of hydrogen-bond acceptors (Lipinski definition) is 0. The molecule has 1 aromatic rings. The monoisotopic (exact) mass is 366 g/mol. The van der Waals surface area contributed by atoms with Gasteiger partial charge in [0.2, 0.25) is 7.59 Å². The highest BCUT2D eigenvalue weighted by Crippen LogP contribution is 2.44. The van der Waals surface area contributed by atoms with E-state index in [0.717, 1.165) is 24.8 Å². The third-order valence-corrected chi connectivity index (χ3v) is 3.81. The number of alkyl halides is 6. The molecule has 0 unspecified atom stereocenters. The van der Waals surface area contributed by atoms with E-state index in [0.29, 0.717) is 11.1 Å². The molecule has 1 aromatic carbocycles. The van der Waals surface area contributed by atoms with Crippen LogP contribution in [0.5, 0.6) is 0 Å². The summed E-state index contributed by atoms with van der Waals surface area (Å²) in [6.45, 7) is 2.10. The second-order valence-corrected chi connectivity index (χ2v) is 8.53. The molecule has 6 heteroatoms. The van der Waals surface area contributed by atoms with Crippen molar-refractivity contribution in [1.82, 2.24) is 0 Å². The number of unbranched alkanes of at least 4 members (excludes halogenated alkanes) is 1. The Morgan fingerprint density at radius 1 is 0.944 bits per heavy atom. The van der Waals surface area contributed by atoms with E-state index >= 15 is 0 Å². The average molecular weight is 369 g/mol. The first-order valence-corrected chi connectivity index (χ1v) is 7.70. The minimum absolute atomic E-state index is 0.495. The topological polar surface area (TPSA) is 0 Å². The van der Waals surface area contributed by atoms with Crippen molar-refractivity contribution in [3.05, 3.63) is 34.9 Å². The third kappa shape index (κ3) is 4.81. The van der Waals surface area contributed by atoms with Gasteiger partial charge in [0.25, 0.3) is 0 Å². The summed E-state index contributed by atoms with van der Waals surface area (Å²) in [6.07, 6.45) is 2.91. The zero-order chi connectivity index (χ0) is 14.0. The van der Waals surface area contributed by atoms with Crippen molar-refractivity contribution >= 4 is 69.6 Å². The second kappa shape index (κ2) is 6.61. The summed E-state index contributed by atoms with van der Waals surface area (Å²) in [6, 6.07) is 5.24. The maximum atomic E-state index is 5.97. The van der Waals surface area contributed by atoms with E-state index < -0.39 is 7.59 Å². The van der Waals surface area contributed by atoms with Gasteiger partial charge in [0.15, 0.2) is 0 Å². The highest BCUT2D eigenvalue weighted by Gasteiger charge is 2.30. The number of rotatable bonds is 3. The lowest BCUT2D eigenvalue weighted by Crippen LogP contribution is -2.09. The lowest BCUT2D eigenvalue weighted by atomic mass is 10.0. The average Bonchev–Trinajstić information content (AvgIpc) is 2.23. The Morgan fingerprint density at radius 2 is 1.56 bits per heavy atom. The van der Waals surface area contributed by atoms with Crippen LogP contribution in [0.4, 0.5) is 0 Å². The molecule has 0 aliphatic rings. The summed E-state index contributed by atoms with van der Waals surface area (Å²) in [4.78, 5) is 0. The molecule has 0 aliphatic heterocycles. The molecule has 0 atom stereocenters. The Hall–Kier alpha value is 0.960. The molecule has 0 fully saturated rings. The summed E-state index contributed by atoms with van der Waals surface area (Å²) >= 11 is 35.4. The molecule has 0 amide bonds. The van der Waals surface area contributed by atoms with Crippen molar-refractivity contribution in [3.8, 4) is 0 Å². The molecule has 18 heavy (non-hydrogen) atoms. The molecule has 0 nitrogen and oxygen atoms in total. The van der Waals surface area contributed by atoms with Crippen molar-refractivity contribution < 1.29 is 0 Å². The number of halogens is 6. The molecule has 0 heterocycles. The molecule has 0 bridgehead atoms. The summed E-state index contributed by atoms with van der Waals surface area (Å²) in [5.74, 6) is 0. The predicted molar refractivity (Wildman–Crippen MR) is 83.5 cm³/mol. The summed E-state index contributed by atoms with van der Waals surface area (Å²) in [5, 5.41) is 0. The van der Waals surface area contributed by atoms with E-state index in [1.54, 1.807) is 12.1 Å². The second-order valence-electron chi connectivity index (χ2n) is 3.97. The Morgan fingerprint density at radius 3 is 2.00 bits per heavy atom. The van der Waals surface area contributed by atoms with Crippen molar-refractivity contribution in [1.29, 1.82) is 0 Å². The molecule has 0 radical (unpaired) electrons. The first-order valence-electron chi connectivity index (χ1n) is 5.43. The van der Waals surface area contributed by atoms with E-state index in [9.17, 15) is 0 Å². The predicted octanol–water partition coefficient (Wildman–Crippen LogP) is 6.68. The SMILES string of the molecule is CCCCc1ccc(C(Cl)(Cl)Cl)cc1C(Cl)(Cl)Cl. The maximum Gasteiger partial charge on any atom is 0.216 e. The zero-order valence-corrected chi connectivity index (χ0v) is 14.2. The van der Waals surface area contributed by atoms with Gasteiger partial charge >= 0.3 is 0 Å². The van der Waals surface area contributed by atoms with Gasteiger partial charge < -0.3 is 0 Å². The van der Waals surface area contributed by atoms with E-state index in [2.05, 4.69) is 6.92 Å². The smallest absolute Gasteiger partial charge is 0.0784 e. The highest BCUT2D eigenvalue weighted by molar-refractivity contribution is 6.67. The highest BCUT2D eigenvalue weighted by atomic mass is 35.6. The molecule has 0 saturated carbocycles. The molecule has 0 spiro atoms. The van der Waals surface area contributed by atoms with Crippen LogP contribution in [-0.2, 0) is 14.0 Å². The van der Waals surface area contributed by atoms with E-state index in [1.165, 1.54) is 0 Å². The van der Waals surface area contributed by atoms with Crippen molar-refractivity contribution in [2.45, 2.75) is 33.8 Å². The number of aryl methyl sites for hydroxylation is 1. The molecule has 0 N–H and O–H groups in total. The summed E-state index contributed by atoms with van der Waals surface area (Å²) < 4.78 is -3.04. The largest absolute Gasteiger partial charge is 0.216 e. The van der Waals surface area contributed by atoms with Gasteiger partial charge in [-0.15, -0.1) is 0 Å². The molecule has 0 saturated heterocycles. The quantitative estimate of drug-likeness (QED) is 0.522. The van der Waals surface area contributed by atoms with E-state index in [4.69, 9.17) is 69.6 Å². The first kappa shape index (κ1) is 17.0. The Kier molecular flexibility index (Phi) is 6.25. The van der Waals surface area contributed by atoms with Gasteiger partial charge in [-0.05, 0) is 24.5 Å². The Labute approximate surface area is 137 Å². The molecule has 102 valence electrons. The third-order valence-electron chi connectivity index (χ3n) is 2.54. The van der Waals surface area contributed by atoms with Gasteiger partial charge in [-0.25, -0.2) is 0 Å². The molecule has 1 rings (SSSR count). The van der Waals surface area contributed by atoms with Crippen molar-refractivity contribution in [3.63, 3.8) is 0 Å². The van der Waals surface area contributed by atoms with E-state index in [1.807, 2.05) is 6.07 Å².